The third kappa shape index (κ3) is 6.61. The van der Waals surface area contributed by atoms with E-state index in [1.165, 1.54) is 28.3 Å². The quantitative estimate of drug-likeness (QED) is 0.499. The van der Waals surface area contributed by atoms with Crippen LogP contribution < -0.4 is 4.72 Å². The summed E-state index contributed by atoms with van der Waals surface area (Å²) >= 11 is 0. The molecule has 0 aromatic carbocycles. The SMILES string of the molecule is COC(=O)CCN(C)S(=O)(=O)NCCS(=O)(=O)N(C)C. The molecule has 0 bridgehead atoms. The lowest BCUT2D eigenvalue weighted by Crippen LogP contribution is -2.42. The molecule has 11 heteroatoms. The van der Waals surface area contributed by atoms with Gasteiger partial charge in [0.15, 0.2) is 0 Å². The Hall–Kier alpha value is -0.750. The molecule has 0 aliphatic heterocycles. The summed E-state index contributed by atoms with van der Waals surface area (Å²) in [5, 5.41) is 0. The van der Waals surface area contributed by atoms with Crippen LogP contribution in [-0.2, 0) is 29.8 Å². The highest BCUT2D eigenvalue weighted by molar-refractivity contribution is 7.89. The van der Waals surface area contributed by atoms with E-state index in [0.29, 0.717) is 0 Å². The fraction of sp³-hybridized carbons (Fsp3) is 0.889. The standard InChI is InChI=1S/C9H21N3O6S2/c1-11(2)19(14,15)8-6-10-20(16,17)12(3)7-5-9(13)18-4/h10H,5-8H2,1-4H3. The molecule has 120 valence electrons. The average Bonchev–Trinajstić information content (AvgIpc) is 2.34. The summed E-state index contributed by atoms with van der Waals surface area (Å²) in [6, 6.07) is 0. The Morgan fingerprint density at radius 3 is 2.15 bits per heavy atom. The molecule has 0 aromatic rings. The van der Waals surface area contributed by atoms with Crippen LogP contribution in [0.3, 0.4) is 0 Å². The third-order valence-corrected chi connectivity index (χ3v) is 5.87. The average molecular weight is 331 g/mol. The highest BCUT2D eigenvalue weighted by Crippen LogP contribution is 1.98. The van der Waals surface area contributed by atoms with Gasteiger partial charge in [-0.25, -0.2) is 17.4 Å². The summed E-state index contributed by atoms with van der Waals surface area (Å²) in [5.41, 5.74) is 0. The van der Waals surface area contributed by atoms with Crippen molar-refractivity contribution in [3.63, 3.8) is 0 Å². The summed E-state index contributed by atoms with van der Waals surface area (Å²) in [6.45, 7) is -0.298. The van der Waals surface area contributed by atoms with Crippen molar-refractivity contribution in [2.45, 2.75) is 6.42 Å². The Bertz CT molecular complexity index is 514. The smallest absolute Gasteiger partial charge is 0.306 e. The van der Waals surface area contributed by atoms with Crippen LogP contribution in [0.1, 0.15) is 6.42 Å². The van der Waals surface area contributed by atoms with Crippen molar-refractivity contribution in [2.75, 3.05) is 47.1 Å². The minimum Gasteiger partial charge on any atom is -0.469 e. The lowest BCUT2D eigenvalue weighted by atomic mass is 10.4. The molecular formula is C9H21N3O6S2. The predicted molar refractivity (Wildman–Crippen MR) is 73.7 cm³/mol. The second-order valence-corrected chi connectivity index (χ2v) is 8.31. The van der Waals surface area contributed by atoms with Gasteiger partial charge in [0.05, 0.1) is 19.3 Å². The summed E-state index contributed by atoms with van der Waals surface area (Å²) in [5.74, 6) is -0.869. The number of nitrogens with zero attached hydrogens (tertiary/aromatic N) is 2. The molecule has 0 radical (unpaired) electrons. The number of esters is 1. The van der Waals surface area contributed by atoms with E-state index in [1.54, 1.807) is 0 Å². The fourth-order valence-electron chi connectivity index (χ4n) is 1.06. The molecule has 20 heavy (non-hydrogen) atoms. The van der Waals surface area contributed by atoms with E-state index in [4.69, 9.17) is 0 Å². The molecule has 0 aliphatic carbocycles. The van der Waals surface area contributed by atoms with Crippen LogP contribution in [0.2, 0.25) is 0 Å². The molecular weight excluding hydrogens is 310 g/mol. The molecule has 0 rings (SSSR count). The normalized spacial score (nSPS) is 12.9. The maximum Gasteiger partial charge on any atom is 0.306 e. The molecule has 0 fully saturated rings. The summed E-state index contributed by atoms with van der Waals surface area (Å²) in [6.07, 6.45) is -0.0795. The van der Waals surface area contributed by atoms with E-state index in [-0.39, 0.29) is 25.3 Å². The van der Waals surface area contributed by atoms with Gasteiger partial charge in [-0.15, -0.1) is 0 Å². The second-order valence-electron chi connectivity index (χ2n) is 4.15. The van der Waals surface area contributed by atoms with Gasteiger partial charge >= 0.3 is 5.97 Å². The number of sulfonamides is 1. The number of nitrogens with one attached hydrogen (secondary N) is 1. The maximum absolute atomic E-state index is 11.7. The van der Waals surface area contributed by atoms with Gasteiger partial charge in [0.2, 0.25) is 10.0 Å². The van der Waals surface area contributed by atoms with Crippen molar-refractivity contribution >= 4 is 26.2 Å². The number of hydrogen-bond donors (Lipinski definition) is 1. The molecule has 0 heterocycles. The molecule has 0 saturated carbocycles. The number of carbonyl (C=O) groups excluding carboxylic acids is 1. The van der Waals surface area contributed by atoms with Gasteiger partial charge in [-0.05, 0) is 0 Å². The van der Waals surface area contributed by atoms with Gasteiger partial charge in [0, 0.05) is 34.2 Å². The van der Waals surface area contributed by atoms with Crippen molar-refractivity contribution in [2.24, 2.45) is 0 Å². The zero-order valence-electron chi connectivity index (χ0n) is 12.0. The van der Waals surface area contributed by atoms with Gasteiger partial charge in [-0.3, -0.25) is 4.79 Å². The van der Waals surface area contributed by atoms with Gasteiger partial charge in [0.1, 0.15) is 0 Å². The van der Waals surface area contributed by atoms with E-state index >= 15 is 0 Å². The lowest BCUT2D eigenvalue weighted by Gasteiger charge is -2.17. The van der Waals surface area contributed by atoms with E-state index < -0.39 is 26.2 Å². The first kappa shape index (κ1) is 19.2. The monoisotopic (exact) mass is 331 g/mol. The number of ether oxygens (including phenoxy) is 1. The largest absolute Gasteiger partial charge is 0.469 e. The highest BCUT2D eigenvalue weighted by atomic mass is 32.2. The van der Waals surface area contributed by atoms with E-state index in [1.807, 2.05) is 0 Å². The van der Waals surface area contributed by atoms with Crippen molar-refractivity contribution in [3.8, 4) is 0 Å². The molecule has 0 unspecified atom stereocenters. The summed E-state index contributed by atoms with van der Waals surface area (Å²) in [7, 11) is -2.05. The molecule has 0 aliphatic rings. The molecule has 0 amide bonds. The summed E-state index contributed by atoms with van der Waals surface area (Å²) in [4.78, 5) is 10.9. The number of methoxy groups -OCH3 is 1. The molecule has 1 N–H and O–H groups in total. The fourth-order valence-corrected chi connectivity index (χ4v) is 2.83. The first-order chi connectivity index (χ1) is 9.03. The first-order valence-corrected chi connectivity index (χ1v) is 8.76. The van der Waals surface area contributed by atoms with Crippen LogP contribution in [0, 0.1) is 0 Å². The minimum atomic E-state index is -3.82. The second kappa shape index (κ2) is 7.88. The van der Waals surface area contributed by atoms with Crippen molar-refractivity contribution in [1.82, 2.24) is 13.3 Å². The molecule has 0 aromatic heterocycles. The van der Waals surface area contributed by atoms with E-state index in [9.17, 15) is 21.6 Å². The lowest BCUT2D eigenvalue weighted by molar-refractivity contribution is -0.140. The maximum atomic E-state index is 11.7. The number of hydrogen-bond acceptors (Lipinski definition) is 6. The van der Waals surface area contributed by atoms with Gasteiger partial charge in [0.25, 0.3) is 10.2 Å². The molecule has 0 spiro atoms. The first-order valence-electron chi connectivity index (χ1n) is 5.71. The minimum absolute atomic E-state index is 0.0531. The van der Waals surface area contributed by atoms with Crippen LogP contribution >= 0.6 is 0 Å². The highest BCUT2D eigenvalue weighted by Gasteiger charge is 2.20. The molecule has 0 atom stereocenters. The van der Waals surface area contributed by atoms with Gasteiger partial charge in [-0.2, -0.15) is 12.7 Å². The van der Waals surface area contributed by atoms with Crippen molar-refractivity contribution < 1.29 is 26.4 Å². The van der Waals surface area contributed by atoms with Gasteiger partial charge in [-0.1, -0.05) is 0 Å². The number of carbonyl (C=O) groups is 1. The zero-order chi connectivity index (χ0) is 16.0. The third-order valence-electron chi connectivity index (χ3n) is 2.47. The van der Waals surface area contributed by atoms with Crippen LogP contribution in [0.25, 0.3) is 0 Å². The van der Waals surface area contributed by atoms with E-state index in [2.05, 4.69) is 9.46 Å². The Morgan fingerprint density at radius 2 is 1.70 bits per heavy atom. The Morgan fingerprint density at radius 1 is 1.15 bits per heavy atom. The Labute approximate surface area is 120 Å². The van der Waals surface area contributed by atoms with Crippen molar-refractivity contribution in [1.29, 1.82) is 0 Å². The molecule has 9 nitrogen and oxygen atoms in total. The Balaban J connectivity index is 4.36. The van der Waals surface area contributed by atoms with Crippen LogP contribution in [0.4, 0.5) is 0 Å². The zero-order valence-corrected chi connectivity index (χ0v) is 13.6. The van der Waals surface area contributed by atoms with E-state index in [0.717, 1.165) is 8.61 Å². The Kier molecular flexibility index (Phi) is 7.59. The van der Waals surface area contributed by atoms with Crippen molar-refractivity contribution in [3.05, 3.63) is 0 Å². The predicted octanol–water partition coefficient (Wildman–Crippen LogP) is -1.79. The number of rotatable bonds is 9. The van der Waals surface area contributed by atoms with Gasteiger partial charge < -0.3 is 4.74 Å². The topological polar surface area (TPSA) is 113 Å². The molecule has 0 saturated heterocycles. The van der Waals surface area contributed by atoms with Crippen LogP contribution in [-0.4, -0.2) is 78.5 Å². The summed E-state index contributed by atoms with van der Waals surface area (Å²) < 4.78 is 54.9. The van der Waals surface area contributed by atoms with Crippen LogP contribution in [0.15, 0.2) is 0 Å². The van der Waals surface area contributed by atoms with Crippen LogP contribution in [0.5, 0.6) is 0 Å².